The van der Waals surface area contributed by atoms with E-state index in [2.05, 4.69) is 26.1 Å². The first-order chi connectivity index (χ1) is 8.52. The van der Waals surface area contributed by atoms with Crippen molar-refractivity contribution < 1.29 is 9.31 Å². The van der Waals surface area contributed by atoms with E-state index in [1.54, 1.807) is 0 Å². The van der Waals surface area contributed by atoms with Gasteiger partial charge in [0.2, 0.25) is 0 Å². The van der Waals surface area contributed by atoms with Gasteiger partial charge in [-0.2, -0.15) is 0 Å². The number of hydrogen-bond donors (Lipinski definition) is 1. The van der Waals surface area contributed by atoms with E-state index < -0.39 is 0 Å². The molecule has 2 heterocycles. The molecule has 0 aromatic heterocycles. The number of halogens is 1. The third-order valence-corrected chi connectivity index (χ3v) is 6.40. The summed E-state index contributed by atoms with van der Waals surface area (Å²) in [7, 11) is -0.00218. The second-order valence-electron chi connectivity index (χ2n) is 7.54. The van der Waals surface area contributed by atoms with Crippen molar-refractivity contribution in [2.75, 3.05) is 6.54 Å². The minimum Gasteiger partial charge on any atom is -0.404 e. The predicted octanol–water partition coefficient (Wildman–Crippen LogP) is 2.43. The zero-order valence-corrected chi connectivity index (χ0v) is 13.0. The van der Waals surface area contributed by atoms with Crippen molar-refractivity contribution in [3.05, 3.63) is 0 Å². The van der Waals surface area contributed by atoms with Crippen LogP contribution in [0.5, 0.6) is 0 Å². The van der Waals surface area contributed by atoms with Gasteiger partial charge in [0.05, 0.1) is 11.7 Å². The second kappa shape index (κ2) is 4.36. The number of rotatable bonds is 1. The smallest absolute Gasteiger partial charge is 0.404 e. The lowest BCUT2D eigenvalue weighted by Crippen LogP contribution is -2.65. The molecule has 0 aromatic rings. The van der Waals surface area contributed by atoms with Crippen molar-refractivity contribution in [3.8, 4) is 0 Å². The van der Waals surface area contributed by atoms with Gasteiger partial charge in [0, 0.05) is 5.94 Å². The SMILES string of the molecule is CC1(C)C2CC1[C@@]1(C)OB([C@@H]3CCCN3)O[C@H]1C2.Cl. The van der Waals surface area contributed by atoms with Gasteiger partial charge < -0.3 is 14.6 Å². The Kier molecular flexibility index (Phi) is 3.26. The van der Waals surface area contributed by atoms with E-state index in [-0.39, 0.29) is 25.1 Å². The largest absolute Gasteiger partial charge is 0.475 e. The maximum atomic E-state index is 6.44. The molecule has 0 spiro atoms. The quantitative estimate of drug-likeness (QED) is 0.751. The molecule has 2 aliphatic heterocycles. The molecule has 2 unspecified atom stereocenters. The fourth-order valence-corrected chi connectivity index (χ4v) is 5.01. The second-order valence-corrected chi connectivity index (χ2v) is 7.54. The van der Waals surface area contributed by atoms with Crippen LogP contribution in [-0.4, -0.2) is 31.3 Å². The Bertz CT molecular complexity index is 374. The van der Waals surface area contributed by atoms with Gasteiger partial charge in [-0.15, -0.1) is 12.4 Å². The van der Waals surface area contributed by atoms with Gasteiger partial charge >= 0.3 is 7.12 Å². The third kappa shape index (κ3) is 1.76. The molecule has 19 heavy (non-hydrogen) atoms. The van der Waals surface area contributed by atoms with Crippen LogP contribution in [0.4, 0.5) is 0 Å². The predicted molar refractivity (Wildman–Crippen MR) is 78.4 cm³/mol. The molecule has 3 saturated carbocycles. The highest BCUT2D eigenvalue weighted by Crippen LogP contribution is 2.65. The molecule has 5 heteroatoms. The molecule has 5 atom stereocenters. The van der Waals surface area contributed by atoms with Crippen molar-refractivity contribution in [1.82, 2.24) is 5.32 Å². The minimum atomic E-state index is -0.0345. The molecule has 5 rings (SSSR count). The highest BCUT2D eigenvalue weighted by molar-refractivity contribution is 6.47. The summed E-state index contributed by atoms with van der Waals surface area (Å²) in [5.74, 6) is 1.95. The maximum Gasteiger partial charge on any atom is 0.475 e. The lowest BCUT2D eigenvalue weighted by atomic mass is 9.43. The van der Waals surface area contributed by atoms with Crippen molar-refractivity contribution in [2.24, 2.45) is 17.3 Å². The molecule has 3 aliphatic carbocycles. The first kappa shape index (κ1) is 14.2. The fourth-order valence-electron chi connectivity index (χ4n) is 5.01. The van der Waals surface area contributed by atoms with E-state index in [1.165, 1.54) is 25.7 Å². The maximum absolute atomic E-state index is 6.44. The first-order valence-corrected chi connectivity index (χ1v) is 7.58. The van der Waals surface area contributed by atoms with Crippen LogP contribution >= 0.6 is 12.4 Å². The summed E-state index contributed by atoms with van der Waals surface area (Å²) in [5, 5.41) is 3.52. The Hall–Kier alpha value is 0.235. The Labute approximate surface area is 122 Å². The summed E-state index contributed by atoms with van der Waals surface area (Å²) in [4.78, 5) is 0. The molecule has 0 amide bonds. The van der Waals surface area contributed by atoms with E-state index in [0.29, 0.717) is 23.4 Å². The molecule has 0 radical (unpaired) electrons. The van der Waals surface area contributed by atoms with Crippen molar-refractivity contribution in [2.45, 2.75) is 64.1 Å². The molecule has 3 nitrogen and oxygen atoms in total. The summed E-state index contributed by atoms with van der Waals surface area (Å²) in [6, 6.07) is 0. The minimum absolute atomic E-state index is 0. The monoisotopic (exact) mass is 285 g/mol. The third-order valence-electron chi connectivity index (χ3n) is 6.40. The van der Waals surface area contributed by atoms with Crippen LogP contribution in [0.25, 0.3) is 0 Å². The highest BCUT2D eigenvalue weighted by atomic mass is 35.5. The van der Waals surface area contributed by atoms with Crippen molar-refractivity contribution in [3.63, 3.8) is 0 Å². The summed E-state index contributed by atoms with van der Waals surface area (Å²) < 4.78 is 12.7. The zero-order valence-electron chi connectivity index (χ0n) is 12.1. The van der Waals surface area contributed by atoms with E-state index in [9.17, 15) is 0 Å². The molecule has 108 valence electrons. The standard InChI is InChI=1S/C14H24BNO2.ClH/c1-13(2)9-7-10(13)14(3)11(8-9)17-15(18-14)12-5-4-6-16-12;/h9-12,16H,4-8H2,1-3H3;1H/t9?,10?,11-,12-,14+;/m0./s1. The van der Waals surface area contributed by atoms with E-state index in [0.717, 1.165) is 12.5 Å². The summed E-state index contributed by atoms with van der Waals surface area (Å²) in [5.41, 5.74) is 0.416. The van der Waals surface area contributed by atoms with Gasteiger partial charge in [0.15, 0.2) is 0 Å². The molecule has 2 bridgehead atoms. The fraction of sp³-hybridized carbons (Fsp3) is 1.00. The van der Waals surface area contributed by atoms with Crippen LogP contribution in [0.1, 0.15) is 46.5 Å². The van der Waals surface area contributed by atoms with Crippen LogP contribution in [0, 0.1) is 17.3 Å². The Morgan fingerprint density at radius 2 is 2.00 bits per heavy atom. The summed E-state index contributed by atoms with van der Waals surface area (Å²) in [6.45, 7) is 8.25. The van der Waals surface area contributed by atoms with Crippen molar-refractivity contribution >= 4 is 19.5 Å². The van der Waals surface area contributed by atoms with Gasteiger partial charge in [-0.1, -0.05) is 13.8 Å². The topological polar surface area (TPSA) is 30.5 Å². The van der Waals surface area contributed by atoms with E-state index in [4.69, 9.17) is 9.31 Å². The average Bonchev–Trinajstić information content (AvgIpc) is 2.92. The van der Waals surface area contributed by atoms with E-state index in [1.807, 2.05) is 0 Å². The summed E-state index contributed by atoms with van der Waals surface area (Å²) in [6.07, 6.45) is 5.33. The molecular weight excluding hydrogens is 260 g/mol. The lowest BCUT2D eigenvalue weighted by molar-refractivity contribution is -0.199. The Morgan fingerprint density at radius 1 is 1.21 bits per heavy atom. The Morgan fingerprint density at radius 3 is 2.63 bits per heavy atom. The van der Waals surface area contributed by atoms with Gasteiger partial charge in [-0.3, -0.25) is 0 Å². The van der Waals surface area contributed by atoms with Crippen molar-refractivity contribution in [1.29, 1.82) is 0 Å². The average molecular weight is 286 g/mol. The molecular formula is C14H25BClNO2. The first-order valence-electron chi connectivity index (χ1n) is 7.58. The van der Waals surface area contributed by atoms with Crippen LogP contribution in [-0.2, 0) is 9.31 Å². The van der Waals surface area contributed by atoms with Crippen LogP contribution < -0.4 is 5.32 Å². The van der Waals surface area contributed by atoms with Gasteiger partial charge in [-0.25, -0.2) is 0 Å². The van der Waals surface area contributed by atoms with Crippen LogP contribution in [0.3, 0.4) is 0 Å². The number of hydrogen-bond acceptors (Lipinski definition) is 3. The number of nitrogens with one attached hydrogen (secondary N) is 1. The summed E-state index contributed by atoms with van der Waals surface area (Å²) >= 11 is 0. The highest BCUT2D eigenvalue weighted by Gasteiger charge is 2.68. The van der Waals surface area contributed by atoms with Gasteiger partial charge in [0.25, 0.3) is 0 Å². The molecule has 0 aromatic carbocycles. The molecule has 5 fully saturated rings. The van der Waals surface area contributed by atoms with Gasteiger partial charge in [0.1, 0.15) is 0 Å². The van der Waals surface area contributed by atoms with Crippen LogP contribution in [0.2, 0.25) is 0 Å². The molecule has 5 aliphatic rings. The van der Waals surface area contributed by atoms with Crippen LogP contribution in [0.15, 0.2) is 0 Å². The zero-order chi connectivity index (χ0) is 12.5. The van der Waals surface area contributed by atoms with Gasteiger partial charge in [-0.05, 0) is 56.4 Å². The Balaban J connectivity index is 0.00000110. The van der Waals surface area contributed by atoms with E-state index >= 15 is 0 Å². The lowest BCUT2D eigenvalue weighted by Gasteiger charge is -2.64. The molecule has 1 N–H and O–H groups in total. The normalized spacial score (nSPS) is 50.4. The molecule has 2 saturated heterocycles.